The van der Waals surface area contributed by atoms with E-state index in [0.29, 0.717) is 5.56 Å². The zero-order valence-corrected chi connectivity index (χ0v) is 10.4. The standard InChI is InChI=1S/C12H14Cl2O2/c13-8-6-9(15)10(11(14)12(8)16)7-4-2-1-3-5-7/h6-7,15-16H,1-5H2. The number of aromatic hydroxyl groups is 2. The summed E-state index contributed by atoms with van der Waals surface area (Å²) in [5.41, 5.74) is 0.656. The minimum absolute atomic E-state index is 0.0969. The van der Waals surface area contributed by atoms with Crippen molar-refractivity contribution in [1.82, 2.24) is 0 Å². The summed E-state index contributed by atoms with van der Waals surface area (Å²) in [4.78, 5) is 0. The summed E-state index contributed by atoms with van der Waals surface area (Å²) >= 11 is 11.8. The van der Waals surface area contributed by atoms with Crippen LogP contribution in [0.2, 0.25) is 10.0 Å². The van der Waals surface area contributed by atoms with Crippen LogP contribution >= 0.6 is 23.2 Å². The predicted molar refractivity (Wildman–Crippen MR) is 65.6 cm³/mol. The zero-order chi connectivity index (χ0) is 11.7. The molecule has 1 aromatic carbocycles. The lowest BCUT2D eigenvalue weighted by Crippen LogP contribution is -2.05. The molecule has 88 valence electrons. The zero-order valence-electron chi connectivity index (χ0n) is 8.84. The Bertz CT molecular complexity index is 398. The highest BCUT2D eigenvalue weighted by atomic mass is 35.5. The second-order valence-electron chi connectivity index (χ2n) is 4.29. The van der Waals surface area contributed by atoms with Gasteiger partial charge in [0.05, 0.1) is 10.0 Å². The van der Waals surface area contributed by atoms with Crippen LogP contribution in [0.4, 0.5) is 0 Å². The monoisotopic (exact) mass is 260 g/mol. The van der Waals surface area contributed by atoms with Crippen LogP contribution in [-0.4, -0.2) is 10.2 Å². The van der Waals surface area contributed by atoms with E-state index in [1.807, 2.05) is 0 Å². The first-order valence-corrected chi connectivity index (χ1v) is 6.26. The third-order valence-corrected chi connectivity index (χ3v) is 3.89. The third-order valence-electron chi connectivity index (χ3n) is 3.22. The molecule has 2 N–H and O–H groups in total. The number of phenolic OH excluding ortho intramolecular Hbond substituents is 2. The molecule has 0 atom stereocenters. The quantitative estimate of drug-likeness (QED) is 0.733. The summed E-state index contributed by atoms with van der Waals surface area (Å²) in [7, 11) is 0. The average Bonchev–Trinajstić information content (AvgIpc) is 2.28. The van der Waals surface area contributed by atoms with Crippen molar-refractivity contribution in [3.8, 4) is 11.5 Å². The van der Waals surface area contributed by atoms with Gasteiger partial charge in [-0.25, -0.2) is 0 Å². The lowest BCUT2D eigenvalue weighted by atomic mass is 9.83. The second-order valence-corrected chi connectivity index (χ2v) is 5.07. The van der Waals surface area contributed by atoms with E-state index >= 15 is 0 Å². The van der Waals surface area contributed by atoms with Gasteiger partial charge in [0, 0.05) is 11.6 Å². The molecule has 1 aliphatic carbocycles. The normalized spacial score (nSPS) is 17.6. The fourth-order valence-corrected chi connectivity index (χ4v) is 2.99. The fourth-order valence-electron chi connectivity index (χ4n) is 2.39. The minimum atomic E-state index is -0.123. The molecular formula is C12H14Cl2O2. The summed E-state index contributed by atoms with van der Waals surface area (Å²) in [6.07, 6.45) is 5.53. The first-order valence-electron chi connectivity index (χ1n) is 5.51. The van der Waals surface area contributed by atoms with Crippen LogP contribution in [0.25, 0.3) is 0 Å². The summed E-state index contributed by atoms with van der Waals surface area (Å²) in [5.74, 6) is 0.214. The molecule has 16 heavy (non-hydrogen) atoms. The van der Waals surface area contributed by atoms with Crippen molar-refractivity contribution in [3.63, 3.8) is 0 Å². The summed E-state index contributed by atoms with van der Waals surface area (Å²) < 4.78 is 0. The van der Waals surface area contributed by atoms with E-state index in [2.05, 4.69) is 0 Å². The average molecular weight is 261 g/mol. The molecule has 1 aromatic rings. The molecule has 0 radical (unpaired) electrons. The van der Waals surface area contributed by atoms with Crippen molar-refractivity contribution in [2.45, 2.75) is 38.0 Å². The molecule has 1 saturated carbocycles. The molecule has 1 fully saturated rings. The van der Waals surface area contributed by atoms with E-state index in [4.69, 9.17) is 23.2 Å². The van der Waals surface area contributed by atoms with Crippen LogP contribution in [0.1, 0.15) is 43.6 Å². The number of hydrogen-bond donors (Lipinski definition) is 2. The van der Waals surface area contributed by atoms with Gasteiger partial charge in [0.1, 0.15) is 5.75 Å². The number of rotatable bonds is 1. The Hall–Kier alpha value is -0.600. The Labute approximate surface area is 105 Å². The van der Waals surface area contributed by atoms with Crippen molar-refractivity contribution in [3.05, 3.63) is 21.7 Å². The van der Waals surface area contributed by atoms with E-state index in [9.17, 15) is 10.2 Å². The molecule has 4 heteroatoms. The van der Waals surface area contributed by atoms with Crippen LogP contribution < -0.4 is 0 Å². The van der Waals surface area contributed by atoms with Gasteiger partial charge in [0.2, 0.25) is 0 Å². The van der Waals surface area contributed by atoms with Gasteiger partial charge < -0.3 is 10.2 Å². The van der Waals surface area contributed by atoms with Crippen molar-refractivity contribution in [1.29, 1.82) is 0 Å². The number of halogens is 2. The number of hydrogen-bond acceptors (Lipinski definition) is 2. The Balaban J connectivity index is 2.42. The molecule has 0 saturated heterocycles. The maximum Gasteiger partial charge on any atom is 0.153 e. The van der Waals surface area contributed by atoms with Crippen molar-refractivity contribution in [2.24, 2.45) is 0 Å². The van der Waals surface area contributed by atoms with Crippen LogP contribution in [0.5, 0.6) is 11.5 Å². The molecule has 1 aliphatic rings. The topological polar surface area (TPSA) is 40.5 Å². The molecule has 0 aromatic heterocycles. The van der Waals surface area contributed by atoms with Gasteiger partial charge in [-0.3, -0.25) is 0 Å². The molecule has 2 rings (SSSR count). The first kappa shape index (κ1) is 11.9. The molecule has 0 unspecified atom stereocenters. The molecule has 0 aliphatic heterocycles. The number of phenols is 2. The smallest absolute Gasteiger partial charge is 0.153 e. The van der Waals surface area contributed by atoms with Crippen molar-refractivity contribution >= 4 is 23.2 Å². The molecule has 0 bridgehead atoms. The van der Waals surface area contributed by atoms with E-state index in [1.54, 1.807) is 0 Å². The Kier molecular flexibility index (Phi) is 3.50. The van der Waals surface area contributed by atoms with Crippen LogP contribution in [-0.2, 0) is 0 Å². The Morgan fingerprint density at radius 3 is 2.31 bits per heavy atom. The highest BCUT2D eigenvalue weighted by Crippen LogP contribution is 2.46. The lowest BCUT2D eigenvalue weighted by molar-refractivity contribution is 0.409. The van der Waals surface area contributed by atoms with Crippen molar-refractivity contribution < 1.29 is 10.2 Å². The molecule has 2 nitrogen and oxygen atoms in total. The largest absolute Gasteiger partial charge is 0.508 e. The SMILES string of the molecule is Oc1cc(Cl)c(O)c(Cl)c1C1CCCCC1. The predicted octanol–water partition coefficient (Wildman–Crippen LogP) is 4.45. The summed E-state index contributed by atoms with van der Waals surface area (Å²) in [6.45, 7) is 0. The maximum atomic E-state index is 9.87. The Morgan fingerprint density at radius 1 is 1.06 bits per heavy atom. The van der Waals surface area contributed by atoms with Crippen molar-refractivity contribution in [2.75, 3.05) is 0 Å². The Morgan fingerprint density at radius 2 is 1.69 bits per heavy atom. The van der Waals surface area contributed by atoms with Crippen LogP contribution in [0, 0.1) is 0 Å². The lowest BCUT2D eigenvalue weighted by Gasteiger charge is -2.24. The van der Waals surface area contributed by atoms with E-state index < -0.39 is 0 Å². The van der Waals surface area contributed by atoms with E-state index in [0.717, 1.165) is 25.7 Å². The van der Waals surface area contributed by atoms with Gasteiger partial charge >= 0.3 is 0 Å². The van der Waals surface area contributed by atoms with Gasteiger partial charge in [-0.15, -0.1) is 0 Å². The van der Waals surface area contributed by atoms with Crippen LogP contribution in [0.3, 0.4) is 0 Å². The highest BCUT2D eigenvalue weighted by Gasteiger charge is 2.24. The number of benzene rings is 1. The van der Waals surface area contributed by atoms with Gasteiger partial charge in [-0.05, 0) is 18.8 Å². The molecule has 0 amide bonds. The first-order chi connectivity index (χ1) is 7.61. The van der Waals surface area contributed by atoms with Gasteiger partial charge in [-0.1, -0.05) is 42.5 Å². The van der Waals surface area contributed by atoms with E-state index in [1.165, 1.54) is 12.5 Å². The van der Waals surface area contributed by atoms with E-state index in [-0.39, 0.29) is 27.5 Å². The highest BCUT2D eigenvalue weighted by molar-refractivity contribution is 6.37. The molecular weight excluding hydrogens is 247 g/mol. The summed E-state index contributed by atoms with van der Waals surface area (Å²) in [6, 6.07) is 1.37. The fraction of sp³-hybridized carbons (Fsp3) is 0.500. The second kappa shape index (κ2) is 4.72. The maximum absolute atomic E-state index is 9.87. The van der Waals surface area contributed by atoms with Crippen LogP contribution in [0.15, 0.2) is 6.07 Å². The minimum Gasteiger partial charge on any atom is -0.508 e. The summed E-state index contributed by atoms with van der Waals surface area (Å²) in [5, 5.41) is 19.8. The molecule has 0 spiro atoms. The van der Waals surface area contributed by atoms with Gasteiger partial charge in [-0.2, -0.15) is 0 Å². The van der Waals surface area contributed by atoms with Gasteiger partial charge in [0.25, 0.3) is 0 Å². The third kappa shape index (κ3) is 2.09. The molecule has 0 heterocycles. The van der Waals surface area contributed by atoms with Gasteiger partial charge in [0.15, 0.2) is 5.75 Å².